The Morgan fingerprint density at radius 2 is 1.91 bits per heavy atom. The van der Waals surface area contributed by atoms with Gasteiger partial charge in [0.2, 0.25) is 0 Å². The quantitative estimate of drug-likeness (QED) is 0.819. The fourth-order valence-corrected chi connectivity index (χ4v) is 3.25. The van der Waals surface area contributed by atoms with Crippen molar-refractivity contribution in [2.24, 2.45) is 0 Å². The number of hydrogen-bond donors (Lipinski definition) is 2. The molecule has 2 aromatic rings. The molecule has 1 aliphatic rings. The molecular formula is C18H20BrN3O. The molecule has 1 aromatic carbocycles. The number of anilines is 2. The first-order valence-electron chi connectivity index (χ1n) is 8.00. The monoisotopic (exact) mass is 373 g/mol. The maximum Gasteiger partial charge on any atom is 0.253 e. The predicted octanol–water partition coefficient (Wildman–Crippen LogP) is 4.65. The van der Waals surface area contributed by atoms with Crippen LogP contribution in [-0.4, -0.2) is 16.9 Å². The van der Waals surface area contributed by atoms with Gasteiger partial charge in [0.05, 0.1) is 23.1 Å². The van der Waals surface area contributed by atoms with Gasteiger partial charge in [-0.3, -0.25) is 9.78 Å². The van der Waals surface area contributed by atoms with Gasteiger partial charge in [-0.2, -0.15) is 0 Å². The van der Waals surface area contributed by atoms with Crippen molar-refractivity contribution in [3.63, 3.8) is 0 Å². The number of halogens is 1. The molecule has 1 amide bonds. The summed E-state index contributed by atoms with van der Waals surface area (Å²) in [6.45, 7) is 0. The minimum absolute atomic E-state index is 0.0415. The van der Waals surface area contributed by atoms with Gasteiger partial charge >= 0.3 is 0 Å². The largest absolute Gasteiger partial charge is 0.353 e. The average Bonchev–Trinajstić information content (AvgIpc) is 2.58. The molecule has 120 valence electrons. The van der Waals surface area contributed by atoms with Crippen molar-refractivity contribution < 1.29 is 4.79 Å². The Balaban J connectivity index is 1.69. The number of nitrogens with one attached hydrogen (secondary N) is 2. The van der Waals surface area contributed by atoms with E-state index < -0.39 is 0 Å². The Labute approximate surface area is 144 Å². The van der Waals surface area contributed by atoms with Gasteiger partial charge in [0.1, 0.15) is 0 Å². The van der Waals surface area contributed by atoms with Crippen molar-refractivity contribution in [2.75, 3.05) is 5.32 Å². The van der Waals surface area contributed by atoms with Crippen molar-refractivity contribution in [3.8, 4) is 0 Å². The number of carbonyl (C=O) groups is 1. The van der Waals surface area contributed by atoms with Crippen LogP contribution in [0.5, 0.6) is 0 Å². The van der Waals surface area contributed by atoms with Crippen molar-refractivity contribution in [1.82, 2.24) is 10.3 Å². The van der Waals surface area contributed by atoms with Gasteiger partial charge in [-0.15, -0.1) is 0 Å². The molecule has 1 saturated carbocycles. The molecule has 1 heterocycles. The van der Waals surface area contributed by atoms with Crippen LogP contribution in [0.25, 0.3) is 0 Å². The third-order valence-electron chi connectivity index (χ3n) is 4.09. The van der Waals surface area contributed by atoms with E-state index >= 15 is 0 Å². The Morgan fingerprint density at radius 1 is 1.13 bits per heavy atom. The highest BCUT2D eigenvalue weighted by atomic mass is 79.9. The molecule has 0 atom stereocenters. The number of aromatic nitrogens is 1. The molecule has 0 radical (unpaired) electrons. The summed E-state index contributed by atoms with van der Waals surface area (Å²) >= 11 is 3.50. The van der Waals surface area contributed by atoms with E-state index in [1.54, 1.807) is 12.4 Å². The summed E-state index contributed by atoms with van der Waals surface area (Å²) in [5.74, 6) is -0.0415. The molecular weight excluding hydrogens is 354 g/mol. The molecule has 0 aliphatic heterocycles. The van der Waals surface area contributed by atoms with Crippen LogP contribution in [0.4, 0.5) is 11.4 Å². The van der Waals surface area contributed by atoms with Crippen LogP contribution < -0.4 is 10.6 Å². The van der Waals surface area contributed by atoms with Crippen molar-refractivity contribution in [2.45, 2.75) is 38.1 Å². The molecule has 3 rings (SSSR count). The second-order valence-corrected chi connectivity index (χ2v) is 6.73. The van der Waals surface area contributed by atoms with Crippen LogP contribution in [-0.2, 0) is 0 Å². The molecule has 0 saturated heterocycles. The van der Waals surface area contributed by atoms with Gasteiger partial charge < -0.3 is 10.6 Å². The molecule has 1 aromatic heterocycles. The van der Waals surface area contributed by atoms with Crippen LogP contribution in [0.3, 0.4) is 0 Å². The van der Waals surface area contributed by atoms with E-state index in [4.69, 9.17) is 0 Å². The Kier molecular flexibility index (Phi) is 5.28. The Bertz CT molecular complexity index is 683. The van der Waals surface area contributed by atoms with E-state index in [2.05, 4.69) is 31.5 Å². The van der Waals surface area contributed by atoms with Crippen LogP contribution in [0.15, 0.2) is 47.2 Å². The second-order valence-electron chi connectivity index (χ2n) is 5.88. The van der Waals surface area contributed by atoms with Crippen LogP contribution in [0.1, 0.15) is 42.5 Å². The van der Waals surface area contributed by atoms with Gasteiger partial charge in [-0.05, 0) is 47.0 Å². The van der Waals surface area contributed by atoms with Crippen LogP contribution in [0.2, 0.25) is 0 Å². The van der Waals surface area contributed by atoms with Crippen molar-refractivity contribution in [1.29, 1.82) is 0 Å². The zero-order valence-corrected chi connectivity index (χ0v) is 14.5. The number of amides is 1. The normalized spacial score (nSPS) is 15.2. The minimum atomic E-state index is -0.0415. The zero-order valence-electron chi connectivity index (χ0n) is 12.9. The number of benzene rings is 1. The molecule has 0 unspecified atom stereocenters. The highest BCUT2D eigenvalue weighted by Gasteiger charge is 2.17. The van der Waals surface area contributed by atoms with Crippen molar-refractivity contribution in [3.05, 3.63) is 52.8 Å². The number of para-hydroxylation sites is 1. The topological polar surface area (TPSA) is 54.0 Å². The van der Waals surface area contributed by atoms with Gasteiger partial charge in [-0.25, -0.2) is 0 Å². The second kappa shape index (κ2) is 7.59. The van der Waals surface area contributed by atoms with Crippen LogP contribution >= 0.6 is 15.9 Å². The van der Waals surface area contributed by atoms with E-state index in [0.29, 0.717) is 11.6 Å². The standard InChI is InChI=1S/C18H20BrN3O/c19-16-8-4-5-9-17(16)21-15-10-13(11-20-12-15)18(23)22-14-6-2-1-3-7-14/h4-5,8-12,14,21H,1-3,6-7H2,(H,22,23). The number of nitrogens with zero attached hydrogens (tertiary/aromatic N) is 1. The SMILES string of the molecule is O=C(NC1CCCCC1)c1cncc(Nc2ccccc2Br)c1. The van der Waals surface area contributed by atoms with Gasteiger partial charge in [-0.1, -0.05) is 31.4 Å². The lowest BCUT2D eigenvalue weighted by atomic mass is 9.95. The molecule has 2 N–H and O–H groups in total. The van der Waals surface area contributed by atoms with Gasteiger partial charge in [0.15, 0.2) is 0 Å². The lowest BCUT2D eigenvalue weighted by Gasteiger charge is -2.22. The van der Waals surface area contributed by atoms with E-state index in [0.717, 1.165) is 28.7 Å². The summed E-state index contributed by atoms with van der Waals surface area (Å²) in [6, 6.07) is 10.00. The Morgan fingerprint density at radius 3 is 2.70 bits per heavy atom. The van der Waals surface area contributed by atoms with Gasteiger partial charge in [0.25, 0.3) is 5.91 Å². The smallest absolute Gasteiger partial charge is 0.253 e. The molecule has 0 bridgehead atoms. The lowest BCUT2D eigenvalue weighted by molar-refractivity contribution is 0.0927. The minimum Gasteiger partial charge on any atom is -0.353 e. The summed E-state index contributed by atoms with van der Waals surface area (Å²) in [5.41, 5.74) is 2.33. The van der Waals surface area contributed by atoms with E-state index in [-0.39, 0.29) is 5.91 Å². The summed E-state index contributed by atoms with van der Waals surface area (Å²) in [5, 5.41) is 6.40. The molecule has 4 nitrogen and oxygen atoms in total. The Hall–Kier alpha value is -1.88. The van der Waals surface area contributed by atoms with E-state index in [9.17, 15) is 4.79 Å². The first-order chi connectivity index (χ1) is 11.2. The maximum absolute atomic E-state index is 12.4. The molecule has 1 fully saturated rings. The first kappa shape index (κ1) is 16.0. The fourth-order valence-electron chi connectivity index (χ4n) is 2.87. The number of hydrogen-bond acceptors (Lipinski definition) is 3. The maximum atomic E-state index is 12.4. The molecule has 5 heteroatoms. The summed E-state index contributed by atoms with van der Waals surface area (Å²) in [7, 11) is 0. The third kappa shape index (κ3) is 4.32. The first-order valence-corrected chi connectivity index (χ1v) is 8.79. The highest BCUT2D eigenvalue weighted by Crippen LogP contribution is 2.25. The van der Waals surface area contributed by atoms with E-state index in [1.807, 2.05) is 30.3 Å². The predicted molar refractivity (Wildman–Crippen MR) is 96.0 cm³/mol. The highest BCUT2D eigenvalue weighted by molar-refractivity contribution is 9.10. The van der Waals surface area contributed by atoms with Gasteiger partial charge in [0, 0.05) is 16.7 Å². The van der Waals surface area contributed by atoms with Crippen molar-refractivity contribution >= 4 is 33.2 Å². The zero-order chi connectivity index (χ0) is 16.1. The summed E-state index contributed by atoms with van der Waals surface area (Å²) in [6.07, 6.45) is 9.17. The fraction of sp³-hybridized carbons (Fsp3) is 0.333. The number of rotatable bonds is 4. The lowest BCUT2D eigenvalue weighted by Crippen LogP contribution is -2.36. The number of pyridine rings is 1. The average molecular weight is 374 g/mol. The molecule has 23 heavy (non-hydrogen) atoms. The summed E-state index contributed by atoms with van der Waals surface area (Å²) in [4.78, 5) is 16.6. The summed E-state index contributed by atoms with van der Waals surface area (Å²) < 4.78 is 0.970. The number of carbonyl (C=O) groups excluding carboxylic acids is 1. The van der Waals surface area contributed by atoms with Crippen LogP contribution in [0, 0.1) is 0 Å². The third-order valence-corrected chi connectivity index (χ3v) is 4.79. The molecule has 1 aliphatic carbocycles. The van der Waals surface area contributed by atoms with E-state index in [1.165, 1.54) is 19.3 Å². The molecule has 0 spiro atoms.